The maximum atomic E-state index is 13.2. The Balaban J connectivity index is 2.02. The highest BCUT2D eigenvalue weighted by Gasteiger charge is 2.08. The van der Waals surface area contributed by atoms with Crippen LogP contribution < -0.4 is 5.32 Å². The van der Waals surface area contributed by atoms with Gasteiger partial charge in [0.05, 0.1) is 23.9 Å². The molecule has 1 atom stereocenters. The Bertz CT molecular complexity index is 558. The Morgan fingerprint density at radius 1 is 1.44 bits per heavy atom. The van der Waals surface area contributed by atoms with E-state index in [1.54, 1.807) is 12.3 Å². The summed E-state index contributed by atoms with van der Waals surface area (Å²) in [6.07, 6.45) is 1.61. The van der Waals surface area contributed by atoms with E-state index in [1.165, 1.54) is 12.1 Å². The van der Waals surface area contributed by atoms with Crippen LogP contribution in [0.25, 0.3) is 0 Å². The van der Waals surface area contributed by atoms with Gasteiger partial charge in [0.15, 0.2) is 0 Å². The lowest BCUT2D eigenvalue weighted by atomic mass is 10.1. The van der Waals surface area contributed by atoms with Gasteiger partial charge in [-0.2, -0.15) is 5.26 Å². The van der Waals surface area contributed by atoms with Gasteiger partial charge in [-0.3, -0.25) is 0 Å². The minimum absolute atomic E-state index is 0.0359. The second-order valence-electron chi connectivity index (χ2n) is 4.08. The summed E-state index contributed by atoms with van der Waals surface area (Å²) < 4.78 is 18.5. The van der Waals surface area contributed by atoms with Crippen molar-refractivity contribution < 1.29 is 8.81 Å². The van der Waals surface area contributed by atoms with Crippen LogP contribution in [0.15, 0.2) is 41.0 Å². The quantitative estimate of drug-likeness (QED) is 0.898. The van der Waals surface area contributed by atoms with E-state index in [0.717, 1.165) is 11.3 Å². The van der Waals surface area contributed by atoms with Gasteiger partial charge < -0.3 is 9.73 Å². The molecule has 1 aromatic heterocycles. The zero-order valence-electron chi connectivity index (χ0n) is 9.98. The molecule has 0 aliphatic heterocycles. The summed E-state index contributed by atoms with van der Waals surface area (Å²) in [7, 11) is 0. The predicted molar refractivity (Wildman–Crippen MR) is 65.1 cm³/mol. The maximum Gasteiger partial charge on any atom is 0.124 e. The number of furan rings is 1. The van der Waals surface area contributed by atoms with E-state index in [4.69, 9.17) is 9.68 Å². The summed E-state index contributed by atoms with van der Waals surface area (Å²) in [5.41, 5.74) is 1.07. The molecule has 2 aromatic rings. The van der Waals surface area contributed by atoms with Crippen molar-refractivity contribution in [2.75, 3.05) is 0 Å². The van der Waals surface area contributed by atoms with Gasteiger partial charge >= 0.3 is 0 Å². The smallest absolute Gasteiger partial charge is 0.124 e. The Morgan fingerprint density at radius 2 is 2.28 bits per heavy atom. The van der Waals surface area contributed by atoms with Crippen molar-refractivity contribution >= 4 is 0 Å². The molecule has 0 fully saturated rings. The average molecular weight is 244 g/mol. The highest BCUT2D eigenvalue weighted by atomic mass is 19.1. The topological polar surface area (TPSA) is 49.0 Å². The van der Waals surface area contributed by atoms with Gasteiger partial charge in [-0.1, -0.05) is 0 Å². The van der Waals surface area contributed by atoms with Crippen molar-refractivity contribution in [3.8, 4) is 6.07 Å². The van der Waals surface area contributed by atoms with Crippen LogP contribution in [0.4, 0.5) is 4.39 Å². The number of halogens is 1. The van der Waals surface area contributed by atoms with Gasteiger partial charge in [-0.05, 0) is 42.8 Å². The predicted octanol–water partition coefficient (Wildman–Crippen LogP) is 3.14. The molecule has 0 amide bonds. The first-order valence-corrected chi connectivity index (χ1v) is 5.65. The molecule has 0 aliphatic rings. The minimum Gasteiger partial charge on any atom is -0.468 e. The Labute approximate surface area is 105 Å². The Morgan fingerprint density at radius 3 is 2.94 bits per heavy atom. The fourth-order valence-electron chi connectivity index (χ4n) is 1.73. The molecular weight excluding hydrogens is 231 g/mol. The highest BCUT2D eigenvalue weighted by molar-refractivity contribution is 5.33. The number of rotatable bonds is 4. The van der Waals surface area contributed by atoms with E-state index in [9.17, 15) is 4.39 Å². The molecular formula is C14H13FN2O. The summed E-state index contributed by atoms with van der Waals surface area (Å²) in [5, 5.41) is 12.0. The normalized spacial score (nSPS) is 12.1. The van der Waals surface area contributed by atoms with Crippen molar-refractivity contribution in [3.05, 3.63) is 59.3 Å². The third-order valence-electron chi connectivity index (χ3n) is 2.67. The van der Waals surface area contributed by atoms with E-state index < -0.39 is 5.82 Å². The summed E-state index contributed by atoms with van der Waals surface area (Å²) in [6.45, 7) is 2.44. The summed E-state index contributed by atoms with van der Waals surface area (Å²) >= 11 is 0. The zero-order valence-corrected chi connectivity index (χ0v) is 9.98. The van der Waals surface area contributed by atoms with Gasteiger partial charge in [0.2, 0.25) is 0 Å². The monoisotopic (exact) mass is 244 g/mol. The van der Waals surface area contributed by atoms with Crippen molar-refractivity contribution in [1.82, 2.24) is 5.32 Å². The molecule has 0 radical (unpaired) electrons. The van der Waals surface area contributed by atoms with E-state index in [2.05, 4.69) is 5.32 Å². The fraction of sp³-hybridized carbons (Fsp3) is 0.214. The molecule has 0 bridgehead atoms. The molecule has 0 saturated heterocycles. The second-order valence-corrected chi connectivity index (χ2v) is 4.08. The summed E-state index contributed by atoms with van der Waals surface area (Å²) in [6, 6.07) is 9.99. The Kier molecular flexibility index (Phi) is 3.75. The summed E-state index contributed by atoms with van der Waals surface area (Å²) in [5.74, 6) is 0.434. The van der Waals surface area contributed by atoms with Crippen LogP contribution in [0, 0.1) is 17.1 Å². The lowest BCUT2D eigenvalue weighted by Gasteiger charge is -2.11. The molecule has 0 spiro atoms. The first kappa shape index (κ1) is 12.3. The molecule has 0 unspecified atom stereocenters. The molecule has 0 saturated carbocycles. The number of nitriles is 1. The minimum atomic E-state index is -0.392. The van der Waals surface area contributed by atoms with E-state index in [-0.39, 0.29) is 6.04 Å². The number of hydrogen-bond acceptors (Lipinski definition) is 3. The van der Waals surface area contributed by atoms with Crippen LogP contribution in [0.2, 0.25) is 0 Å². The van der Waals surface area contributed by atoms with Crippen LogP contribution in [-0.4, -0.2) is 0 Å². The standard InChI is InChI=1S/C14H13FN2O/c1-10(14-3-2-4-18-14)17-9-12-5-11(8-16)6-13(15)7-12/h2-7,10,17H,9H2,1H3/t10-/m0/s1. The lowest BCUT2D eigenvalue weighted by molar-refractivity contribution is 0.430. The molecule has 1 heterocycles. The van der Waals surface area contributed by atoms with Crippen LogP contribution >= 0.6 is 0 Å². The molecule has 0 aliphatic carbocycles. The molecule has 92 valence electrons. The van der Waals surface area contributed by atoms with Crippen molar-refractivity contribution in [2.24, 2.45) is 0 Å². The molecule has 1 aromatic carbocycles. The second kappa shape index (κ2) is 5.48. The van der Waals surface area contributed by atoms with Gasteiger partial charge in [-0.25, -0.2) is 4.39 Å². The van der Waals surface area contributed by atoms with E-state index >= 15 is 0 Å². The van der Waals surface area contributed by atoms with Gasteiger partial charge in [0.25, 0.3) is 0 Å². The van der Waals surface area contributed by atoms with Gasteiger partial charge in [0.1, 0.15) is 11.6 Å². The molecule has 3 nitrogen and oxygen atoms in total. The van der Waals surface area contributed by atoms with E-state index in [1.807, 2.05) is 25.1 Å². The lowest BCUT2D eigenvalue weighted by Crippen LogP contribution is -2.17. The van der Waals surface area contributed by atoms with E-state index in [0.29, 0.717) is 12.1 Å². The summed E-state index contributed by atoms with van der Waals surface area (Å²) in [4.78, 5) is 0. The van der Waals surface area contributed by atoms with Crippen LogP contribution in [-0.2, 0) is 6.54 Å². The van der Waals surface area contributed by atoms with Gasteiger partial charge in [0, 0.05) is 6.54 Å². The van der Waals surface area contributed by atoms with Crippen molar-refractivity contribution in [2.45, 2.75) is 19.5 Å². The number of benzene rings is 1. The number of hydrogen-bond donors (Lipinski definition) is 1. The molecule has 4 heteroatoms. The highest BCUT2D eigenvalue weighted by Crippen LogP contribution is 2.14. The van der Waals surface area contributed by atoms with Gasteiger partial charge in [-0.15, -0.1) is 0 Å². The SMILES string of the molecule is C[C@H](NCc1cc(F)cc(C#N)c1)c1ccco1. The average Bonchev–Trinajstić information content (AvgIpc) is 2.89. The number of nitrogens with one attached hydrogen (secondary N) is 1. The zero-order chi connectivity index (χ0) is 13.0. The van der Waals surface area contributed by atoms with Crippen molar-refractivity contribution in [3.63, 3.8) is 0 Å². The first-order valence-electron chi connectivity index (χ1n) is 5.65. The largest absolute Gasteiger partial charge is 0.468 e. The fourth-order valence-corrected chi connectivity index (χ4v) is 1.73. The third kappa shape index (κ3) is 2.96. The number of nitrogens with zero attached hydrogens (tertiary/aromatic N) is 1. The first-order chi connectivity index (χ1) is 8.69. The Hall–Kier alpha value is -2.12. The molecule has 1 N–H and O–H groups in total. The van der Waals surface area contributed by atoms with Crippen LogP contribution in [0.3, 0.4) is 0 Å². The van der Waals surface area contributed by atoms with Crippen LogP contribution in [0.5, 0.6) is 0 Å². The van der Waals surface area contributed by atoms with Crippen molar-refractivity contribution in [1.29, 1.82) is 5.26 Å². The molecule has 2 rings (SSSR count). The molecule has 18 heavy (non-hydrogen) atoms. The van der Waals surface area contributed by atoms with Crippen LogP contribution in [0.1, 0.15) is 29.9 Å². The maximum absolute atomic E-state index is 13.2. The third-order valence-corrected chi connectivity index (χ3v) is 2.67.